The molecule has 4 rings (SSSR count). The Balaban J connectivity index is 1.59. The summed E-state index contributed by atoms with van der Waals surface area (Å²) in [4.78, 5) is 8.26. The van der Waals surface area contributed by atoms with Crippen molar-refractivity contribution in [3.63, 3.8) is 0 Å². The maximum Gasteiger partial charge on any atom is 0.175 e. The highest BCUT2D eigenvalue weighted by atomic mass is 79.9. The molecule has 0 atom stereocenters. The van der Waals surface area contributed by atoms with Crippen LogP contribution in [-0.2, 0) is 6.61 Å². The summed E-state index contributed by atoms with van der Waals surface area (Å²) in [5, 5.41) is 11.0. The fourth-order valence-electron chi connectivity index (χ4n) is 3.16. The Hall–Kier alpha value is -2.92. The summed E-state index contributed by atoms with van der Waals surface area (Å²) >= 11 is 11.1. The number of nitrogens with zero attached hydrogens (tertiary/aromatic N) is 2. The van der Waals surface area contributed by atoms with Gasteiger partial charge in [-0.1, -0.05) is 41.9 Å². The molecular formula is C25H19BrClN3O2S. The summed E-state index contributed by atoms with van der Waals surface area (Å²) in [6.07, 6.45) is 1.79. The second-order valence-electron chi connectivity index (χ2n) is 6.92. The topological polar surface area (TPSA) is 70.9 Å². The molecule has 1 N–H and O–H groups in total. The summed E-state index contributed by atoms with van der Waals surface area (Å²) in [7, 11) is 0. The molecule has 33 heavy (non-hydrogen) atoms. The fraction of sp³-hybridized carbons (Fsp3) is 0.120. The molecule has 0 saturated carbocycles. The molecule has 3 aromatic carbocycles. The van der Waals surface area contributed by atoms with Crippen LogP contribution in [0.2, 0.25) is 5.02 Å². The second kappa shape index (κ2) is 10.8. The van der Waals surface area contributed by atoms with Crippen LogP contribution in [0.3, 0.4) is 0 Å². The van der Waals surface area contributed by atoms with E-state index < -0.39 is 0 Å². The van der Waals surface area contributed by atoms with Gasteiger partial charge >= 0.3 is 0 Å². The number of fused-ring (bicyclic) bond motifs is 1. The zero-order valence-corrected chi connectivity index (χ0v) is 20.8. The number of allylic oxidation sites excluding steroid dienone is 1. The van der Waals surface area contributed by atoms with Crippen LogP contribution >= 0.6 is 39.3 Å². The molecule has 166 valence electrons. The smallest absolute Gasteiger partial charge is 0.175 e. The molecule has 0 radical (unpaired) electrons. The highest BCUT2D eigenvalue weighted by Crippen LogP contribution is 2.39. The molecule has 0 aliphatic carbocycles. The molecule has 0 saturated heterocycles. The lowest BCUT2D eigenvalue weighted by molar-refractivity contribution is 0.267. The standard InChI is InChI=1S/C25H19BrClN3O2S/c1-2-31-23-13-16(12-19(26)24(23)32-15-17-7-3-4-8-20(17)27)11-18(14-28)33-25-29-21-9-5-6-10-22(21)30-25/h3-13H,2,15H2,1H3,(H,29,30)/b18-11+. The van der Waals surface area contributed by atoms with E-state index in [4.69, 9.17) is 21.1 Å². The van der Waals surface area contributed by atoms with Crippen LogP contribution in [-0.4, -0.2) is 16.6 Å². The van der Waals surface area contributed by atoms with Crippen LogP contribution in [0.15, 0.2) is 75.2 Å². The van der Waals surface area contributed by atoms with Gasteiger partial charge in [0.2, 0.25) is 0 Å². The molecule has 0 spiro atoms. The zero-order chi connectivity index (χ0) is 23.2. The van der Waals surface area contributed by atoms with E-state index in [1.807, 2.05) is 67.6 Å². The van der Waals surface area contributed by atoms with Crippen LogP contribution in [0.25, 0.3) is 17.1 Å². The second-order valence-corrected chi connectivity index (χ2v) is 9.22. The van der Waals surface area contributed by atoms with Gasteiger partial charge in [0.1, 0.15) is 12.7 Å². The number of hydrogen-bond donors (Lipinski definition) is 1. The van der Waals surface area contributed by atoms with E-state index in [1.54, 1.807) is 6.08 Å². The Labute approximate surface area is 209 Å². The largest absolute Gasteiger partial charge is 0.490 e. The third-order valence-corrected chi connectivity index (χ3v) is 6.42. The first kappa shape index (κ1) is 23.2. The minimum Gasteiger partial charge on any atom is -0.490 e. The minimum atomic E-state index is 0.304. The van der Waals surface area contributed by atoms with Gasteiger partial charge in [-0.25, -0.2) is 4.98 Å². The first-order valence-corrected chi connectivity index (χ1v) is 12.1. The lowest BCUT2D eigenvalue weighted by Gasteiger charge is -2.15. The molecule has 1 aromatic heterocycles. The van der Waals surface area contributed by atoms with Crippen molar-refractivity contribution in [2.45, 2.75) is 18.7 Å². The van der Waals surface area contributed by atoms with Crippen molar-refractivity contribution in [2.24, 2.45) is 0 Å². The molecule has 0 amide bonds. The van der Waals surface area contributed by atoms with E-state index in [2.05, 4.69) is 32.0 Å². The number of aromatic amines is 1. The third kappa shape index (κ3) is 5.72. The van der Waals surface area contributed by atoms with E-state index in [1.165, 1.54) is 11.8 Å². The van der Waals surface area contributed by atoms with E-state index in [-0.39, 0.29) is 0 Å². The summed E-state index contributed by atoms with van der Waals surface area (Å²) in [5.74, 6) is 1.16. The van der Waals surface area contributed by atoms with Crippen molar-refractivity contribution in [2.75, 3.05) is 6.61 Å². The van der Waals surface area contributed by atoms with Gasteiger partial charge in [0.05, 0.1) is 27.0 Å². The minimum absolute atomic E-state index is 0.304. The number of ether oxygens (including phenoxy) is 2. The maximum atomic E-state index is 9.70. The van der Waals surface area contributed by atoms with Crippen molar-refractivity contribution in [3.05, 3.63) is 86.2 Å². The molecule has 0 unspecified atom stereocenters. The summed E-state index contributed by atoms with van der Waals surface area (Å²) in [6, 6.07) is 21.3. The predicted octanol–water partition coefficient (Wildman–Crippen LogP) is 7.61. The van der Waals surface area contributed by atoms with Gasteiger partial charge in [-0.3, -0.25) is 0 Å². The number of imidazole rings is 1. The number of rotatable bonds is 8. The molecule has 0 aliphatic rings. The molecule has 5 nitrogen and oxygen atoms in total. The van der Waals surface area contributed by atoms with Gasteiger partial charge in [-0.2, -0.15) is 5.26 Å². The van der Waals surface area contributed by atoms with E-state index in [9.17, 15) is 5.26 Å². The number of benzene rings is 3. The van der Waals surface area contributed by atoms with Gasteiger partial charge in [-0.05, 0) is 76.6 Å². The molecule has 0 fully saturated rings. The average Bonchev–Trinajstić information content (AvgIpc) is 3.22. The van der Waals surface area contributed by atoms with Crippen LogP contribution in [0.1, 0.15) is 18.1 Å². The SMILES string of the molecule is CCOc1cc(/C=C(\C#N)Sc2nc3ccccc3[nH]2)cc(Br)c1OCc1ccccc1Cl. The predicted molar refractivity (Wildman–Crippen MR) is 137 cm³/mol. The van der Waals surface area contributed by atoms with Crippen molar-refractivity contribution < 1.29 is 9.47 Å². The Kier molecular flexibility index (Phi) is 7.61. The van der Waals surface area contributed by atoms with Crippen molar-refractivity contribution >= 4 is 56.4 Å². The highest BCUT2D eigenvalue weighted by Gasteiger charge is 2.14. The van der Waals surface area contributed by atoms with Gasteiger partial charge in [0.25, 0.3) is 0 Å². The third-order valence-electron chi connectivity index (χ3n) is 4.64. The van der Waals surface area contributed by atoms with Gasteiger partial charge in [0, 0.05) is 10.6 Å². The average molecular weight is 541 g/mol. The monoisotopic (exact) mass is 539 g/mol. The lowest BCUT2D eigenvalue weighted by atomic mass is 10.2. The fourth-order valence-corrected chi connectivity index (χ4v) is 4.68. The van der Waals surface area contributed by atoms with Crippen LogP contribution in [0.5, 0.6) is 11.5 Å². The van der Waals surface area contributed by atoms with Crippen molar-refractivity contribution in [3.8, 4) is 17.6 Å². The normalized spacial score (nSPS) is 11.4. The molecule has 0 aliphatic heterocycles. The number of nitriles is 1. The first-order valence-electron chi connectivity index (χ1n) is 10.1. The van der Waals surface area contributed by atoms with Gasteiger partial charge in [-0.15, -0.1) is 0 Å². The highest BCUT2D eigenvalue weighted by molar-refractivity contribution is 9.10. The molecule has 0 bridgehead atoms. The van der Waals surface area contributed by atoms with Gasteiger partial charge < -0.3 is 14.5 Å². The number of hydrogen-bond acceptors (Lipinski definition) is 5. The number of para-hydroxylation sites is 2. The number of H-pyrrole nitrogens is 1. The quantitative estimate of drug-likeness (QED) is 0.184. The van der Waals surface area contributed by atoms with Crippen molar-refractivity contribution in [1.29, 1.82) is 5.26 Å². The van der Waals surface area contributed by atoms with Crippen LogP contribution in [0, 0.1) is 11.3 Å². The van der Waals surface area contributed by atoms with Crippen LogP contribution < -0.4 is 9.47 Å². The van der Waals surface area contributed by atoms with E-state index >= 15 is 0 Å². The number of thioether (sulfide) groups is 1. The lowest BCUT2D eigenvalue weighted by Crippen LogP contribution is -2.01. The Morgan fingerprint density at radius 3 is 2.73 bits per heavy atom. The van der Waals surface area contributed by atoms with E-state index in [0.29, 0.717) is 39.8 Å². The van der Waals surface area contributed by atoms with E-state index in [0.717, 1.165) is 26.6 Å². The summed E-state index contributed by atoms with van der Waals surface area (Å²) < 4.78 is 12.6. The molecule has 1 heterocycles. The molecule has 8 heteroatoms. The number of aromatic nitrogens is 2. The van der Waals surface area contributed by atoms with Crippen molar-refractivity contribution in [1.82, 2.24) is 9.97 Å². The molecular weight excluding hydrogens is 522 g/mol. The summed E-state index contributed by atoms with van der Waals surface area (Å²) in [6.45, 7) is 2.69. The molecule has 4 aromatic rings. The first-order chi connectivity index (χ1) is 16.1. The Morgan fingerprint density at radius 1 is 1.18 bits per heavy atom. The van der Waals surface area contributed by atoms with Crippen LogP contribution in [0.4, 0.5) is 0 Å². The summed E-state index contributed by atoms with van der Waals surface area (Å²) in [5.41, 5.74) is 3.47. The maximum absolute atomic E-state index is 9.70. The number of halogens is 2. The van der Waals surface area contributed by atoms with Gasteiger partial charge in [0.15, 0.2) is 16.7 Å². The Bertz CT molecular complexity index is 1330. The number of nitrogens with one attached hydrogen (secondary N) is 1. The zero-order valence-electron chi connectivity index (χ0n) is 17.6. The Morgan fingerprint density at radius 2 is 1.97 bits per heavy atom.